The number of carbonyl (C=O) groups is 2. The van der Waals surface area contributed by atoms with E-state index in [2.05, 4.69) is 10.1 Å². The van der Waals surface area contributed by atoms with Crippen LogP contribution in [0.25, 0.3) is 0 Å². The zero-order chi connectivity index (χ0) is 20.7. The fraction of sp³-hybridized carbons (Fsp3) is 0.600. The van der Waals surface area contributed by atoms with Crippen LogP contribution in [-0.2, 0) is 16.0 Å². The van der Waals surface area contributed by atoms with E-state index in [9.17, 15) is 18.4 Å². The molecule has 2 amide bonds. The summed E-state index contributed by atoms with van der Waals surface area (Å²) in [5, 5.41) is 2.89. The molecule has 0 radical (unpaired) electrons. The molecule has 1 N–H and O–H groups in total. The largest absolute Gasteiger partial charge is 0.444 e. The number of piperidine rings is 1. The zero-order valence-electron chi connectivity index (χ0n) is 16.5. The Morgan fingerprint density at radius 3 is 2.54 bits per heavy atom. The fourth-order valence-corrected chi connectivity index (χ4v) is 3.00. The van der Waals surface area contributed by atoms with Crippen LogP contribution in [0.1, 0.15) is 39.2 Å². The van der Waals surface area contributed by atoms with Crippen LogP contribution >= 0.6 is 0 Å². The first-order valence-corrected chi connectivity index (χ1v) is 9.43. The van der Waals surface area contributed by atoms with E-state index in [1.54, 1.807) is 17.0 Å². The average molecular weight is 398 g/mol. The van der Waals surface area contributed by atoms with Gasteiger partial charge in [0.05, 0.1) is 5.92 Å². The first kappa shape index (κ1) is 21.9. The van der Waals surface area contributed by atoms with Crippen molar-refractivity contribution < 1.29 is 27.8 Å². The molecule has 6 nitrogen and oxygen atoms in total. The summed E-state index contributed by atoms with van der Waals surface area (Å²) in [5.74, 6) is -0.249. The number of likely N-dealkylation sites (tertiary alicyclic amines) is 1. The van der Waals surface area contributed by atoms with Crippen molar-refractivity contribution in [1.29, 1.82) is 0 Å². The van der Waals surface area contributed by atoms with E-state index in [4.69, 9.17) is 4.74 Å². The Morgan fingerprint density at radius 1 is 1.25 bits per heavy atom. The smallest absolute Gasteiger partial charge is 0.410 e. The molecule has 0 spiro atoms. The maximum absolute atomic E-state index is 12.4. The molecule has 1 aliphatic rings. The van der Waals surface area contributed by atoms with Gasteiger partial charge >= 0.3 is 12.7 Å². The van der Waals surface area contributed by atoms with Crippen molar-refractivity contribution in [3.8, 4) is 5.75 Å². The molecule has 0 saturated carbocycles. The van der Waals surface area contributed by atoms with Crippen LogP contribution < -0.4 is 10.1 Å². The fourth-order valence-electron chi connectivity index (χ4n) is 3.00. The second-order valence-electron chi connectivity index (χ2n) is 7.83. The van der Waals surface area contributed by atoms with Gasteiger partial charge in [0.1, 0.15) is 11.4 Å². The number of rotatable bonds is 6. The Balaban J connectivity index is 1.77. The topological polar surface area (TPSA) is 67.9 Å². The molecular formula is C20H28F2N2O4. The number of nitrogens with zero attached hydrogens (tertiary/aromatic N) is 1. The van der Waals surface area contributed by atoms with Crippen LogP contribution in [0.3, 0.4) is 0 Å². The summed E-state index contributed by atoms with van der Waals surface area (Å²) >= 11 is 0. The van der Waals surface area contributed by atoms with Gasteiger partial charge in [-0.25, -0.2) is 4.79 Å². The molecule has 1 aromatic carbocycles. The van der Waals surface area contributed by atoms with Crippen molar-refractivity contribution >= 4 is 12.0 Å². The molecule has 0 bridgehead atoms. The average Bonchev–Trinajstić information content (AvgIpc) is 2.61. The number of carbonyl (C=O) groups excluding carboxylic acids is 2. The Morgan fingerprint density at radius 2 is 1.93 bits per heavy atom. The highest BCUT2D eigenvalue weighted by Gasteiger charge is 2.30. The van der Waals surface area contributed by atoms with Gasteiger partial charge < -0.3 is 19.7 Å². The molecule has 156 valence electrons. The normalized spacial score (nSPS) is 17.4. The lowest BCUT2D eigenvalue weighted by atomic mass is 9.97. The molecular weight excluding hydrogens is 370 g/mol. The van der Waals surface area contributed by atoms with Crippen LogP contribution in [-0.4, -0.2) is 48.7 Å². The second-order valence-corrected chi connectivity index (χ2v) is 7.83. The van der Waals surface area contributed by atoms with E-state index >= 15 is 0 Å². The minimum Gasteiger partial charge on any atom is -0.444 e. The lowest BCUT2D eigenvalue weighted by Crippen LogP contribution is -2.47. The minimum atomic E-state index is -2.85. The summed E-state index contributed by atoms with van der Waals surface area (Å²) in [7, 11) is 0. The molecule has 1 saturated heterocycles. The third-order valence-corrected chi connectivity index (χ3v) is 4.31. The van der Waals surface area contributed by atoms with Crippen LogP contribution in [0.4, 0.5) is 13.6 Å². The number of hydrogen-bond acceptors (Lipinski definition) is 4. The molecule has 1 atom stereocenters. The van der Waals surface area contributed by atoms with Crippen LogP contribution in [0.15, 0.2) is 24.3 Å². The van der Waals surface area contributed by atoms with Crippen LogP contribution in [0.2, 0.25) is 0 Å². The Kier molecular flexibility index (Phi) is 7.60. The number of nitrogens with one attached hydrogen (secondary N) is 1. The van der Waals surface area contributed by atoms with Crippen molar-refractivity contribution in [3.05, 3.63) is 29.8 Å². The number of halogens is 2. The summed E-state index contributed by atoms with van der Waals surface area (Å²) in [4.78, 5) is 26.2. The molecule has 1 fully saturated rings. The predicted octanol–water partition coefficient (Wildman–Crippen LogP) is 3.59. The number of hydrogen-bond donors (Lipinski definition) is 1. The lowest BCUT2D eigenvalue weighted by molar-refractivity contribution is -0.126. The summed E-state index contributed by atoms with van der Waals surface area (Å²) in [6, 6.07) is 6.33. The summed E-state index contributed by atoms with van der Waals surface area (Å²) in [6.45, 7) is 3.95. The molecule has 1 aliphatic heterocycles. The van der Waals surface area contributed by atoms with E-state index in [1.165, 1.54) is 12.1 Å². The zero-order valence-corrected chi connectivity index (χ0v) is 16.5. The third-order valence-electron chi connectivity index (χ3n) is 4.31. The standard InChI is InChI=1S/C20H28F2N2O4/c1-20(2,3)28-19(26)24-12-4-5-15(13-24)17(25)23-11-10-14-6-8-16(9-7-14)27-18(21)22/h6-9,15,18H,4-5,10-13H2,1-3H3,(H,23,25). The van der Waals surface area contributed by atoms with E-state index in [1.807, 2.05) is 20.8 Å². The second kappa shape index (κ2) is 9.71. The highest BCUT2D eigenvalue weighted by Crippen LogP contribution is 2.20. The maximum Gasteiger partial charge on any atom is 0.410 e. The minimum absolute atomic E-state index is 0.0917. The number of benzene rings is 1. The predicted molar refractivity (Wildman–Crippen MR) is 100 cm³/mol. The van der Waals surface area contributed by atoms with E-state index in [0.717, 1.165) is 18.4 Å². The molecule has 2 rings (SSSR count). The van der Waals surface area contributed by atoms with Gasteiger partial charge in [-0.05, 0) is 57.7 Å². The third kappa shape index (κ3) is 7.32. The molecule has 1 heterocycles. The lowest BCUT2D eigenvalue weighted by Gasteiger charge is -2.33. The van der Waals surface area contributed by atoms with E-state index < -0.39 is 18.3 Å². The van der Waals surface area contributed by atoms with Gasteiger partial charge in [0.25, 0.3) is 0 Å². The van der Waals surface area contributed by atoms with Crippen molar-refractivity contribution in [3.63, 3.8) is 0 Å². The number of amides is 2. The maximum atomic E-state index is 12.4. The number of alkyl halides is 2. The van der Waals surface area contributed by atoms with Gasteiger partial charge in [0, 0.05) is 19.6 Å². The van der Waals surface area contributed by atoms with Gasteiger partial charge in [0.2, 0.25) is 5.91 Å². The van der Waals surface area contributed by atoms with Gasteiger partial charge in [-0.1, -0.05) is 12.1 Å². The van der Waals surface area contributed by atoms with Gasteiger partial charge in [-0.2, -0.15) is 8.78 Å². The first-order valence-electron chi connectivity index (χ1n) is 9.43. The van der Waals surface area contributed by atoms with Crippen molar-refractivity contribution in [2.45, 2.75) is 52.2 Å². The number of ether oxygens (including phenoxy) is 2. The van der Waals surface area contributed by atoms with Gasteiger partial charge in [-0.3, -0.25) is 4.79 Å². The van der Waals surface area contributed by atoms with Crippen molar-refractivity contribution in [1.82, 2.24) is 10.2 Å². The van der Waals surface area contributed by atoms with E-state index in [-0.39, 0.29) is 17.6 Å². The molecule has 1 aromatic rings. The summed E-state index contributed by atoms with van der Waals surface area (Å²) in [6.07, 6.45) is 1.66. The molecule has 28 heavy (non-hydrogen) atoms. The monoisotopic (exact) mass is 398 g/mol. The van der Waals surface area contributed by atoms with Crippen molar-refractivity contribution in [2.24, 2.45) is 5.92 Å². The van der Waals surface area contributed by atoms with Gasteiger partial charge in [-0.15, -0.1) is 0 Å². The van der Waals surface area contributed by atoms with Crippen LogP contribution in [0, 0.1) is 5.92 Å². The summed E-state index contributed by atoms with van der Waals surface area (Å²) < 4.78 is 34.0. The first-order chi connectivity index (χ1) is 13.1. The quantitative estimate of drug-likeness (QED) is 0.795. The van der Waals surface area contributed by atoms with Crippen LogP contribution in [0.5, 0.6) is 5.75 Å². The SMILES string of the molecule is CC(C)(C)OC(=O)N1CCCC(C(=O)NCCc2ccc(OC(F)F)cc2)C1. The Bertz CT molecular complexity index is 659. The van der Waals surface area contributed by atoms with Crippen molar-refractivity contribution in [2.75, 3.05) is 19.6 Å². The highest BCUT2D eigenvalue weighted by atomic mass is 19.3. The Hall–Kier alpha value is -2.38. The molecule has 0 aliphatic carbocycles. The molecule has 1 unspecified atom stereocenters. The summed E-state index contributed by atoms with van der Waals surface area (Å²) in [5.41, 5.74) is 0.336. The Labute approximate surface area is 164 Å². The molecule has 0 aromatic heterocycles. The highest BCUT2D eigenvalue weighted by molar-refractivity contribution is 5.80. The molecule has 8 heteroatoms. The van der Waals surface area contributed by atoms with Gasteiger partial charge in [0.15, 0.2) is 0 Å². The van der Waals surface area contributed by atoms with E-state index in [0.29, 0.717) is 26.1 Å².